The van der Waals surface area contributed by atoms with E-state index in [9.17, 15) is 4.79 Å². The van der Waals surface area contributed by atoms with Gasteiger partial charge < -0.3 is 8.83 Å². The Morgan fingerprint density at radius 3 is 2.38 bits per heavy atom. The lowest BCUT2D eigenvalue weighted by Crippen LogP contribution is -2.02. The van der Waals surface area contributed by atoms with Crippen LogP contribution in [0.2, 0.25) is 0 Å². The minimum Gasteiger partial charge on any atom is -0.461 e. The summed E-state index contributed by atoms with van der Waals surface area (Å²) < 4.78 is 11.3. The maximum Gasteiger partial charge on any atom is 0.336 e. The van der Waals surface area contributed by atoms with Gasteiger partial charge in [0.15, 0.2) is 0 Å². The van der Waals surface area contributed by atoms with Gasteiger partial charge in [-0.2, -0.15) is 0 Å². The first-order valence-corrected chi connectivity index (χ1v) is 7.49. The van der Waals surface area contributed by atoms with Crippen molar-refractivity contribution in [2.45, 2.75) is 47.0 Å². The maximum atomic E-state index is 11.8. The lowest BCUT2D eigenvalue weighted by molar-refractivity contribution is 0.549. The number of benzene rings is 1. The molecule has 0 aliphatic rings. The maximum absolute atomic E-state index is 11.8. The molecule has 0 spiro atoms. The van der Waals surface area contributed by atoms with Crippen molar-refractivity contribution < 1.29 is 8.83 Å². The summed E-state index contributed by atoms with van der Waals surface area (Å²) in [6.45, 7) is 8.14. The van der Waals surface area contributed by atoms with E-state index in [0.717, 1.165) is 58.1 Å². The van der Waals surface area contributed by atoms with E-state index in [4.69, 9.17) is 8.83 Å². The number of hydrogen-bond acceptors (Lipinski definition) is 3. The topological polar surface area (TPSA) is 43.4 Å². The Balaban J connectivity index is 2.41. The highest BCUT2D eigenvalue weighted by atomic mass is 16.4. The molecule has 2 aromatic heterocycles. The zero-order valence-corrected chi connectivity index (χ0v) is 13.0. The molecule has 0 saturated heterocycles. The molecule has 3 aromatic rings. The van der Waals surface area contributed by atoms with Crippen molar-refractivity contribution in [2.75, 3.05) is 0 Å². The van der Waals surface area contributed by atoms with E-state index in [1.807, 2.05) is 13.8 Å². The third-order valence-corrected chi connectivity index (χ3v) is 4.29. The van der Waals surface area contributed by atoms with Crippen LogP contribution in [0.4, 0.5) is 0 Å². The first-order chi connectivity index (χ1) is 10.0. The molecular formula is C18H20O3. The fourth-order valence-electron chi connectivity index (χ4n) is 2.91. The molecule has 1 aromatic carbocycles. The van der Waals surface area contributed by atoms with E-state index in [2.05, 4.69) is 19.9 Å². The minimum absolute atomic E-state index is 0.281. The molecule has 0 aliphatic carbocycles. The predicted molar refractivity (Wildman–Crippen MR) is 85.1 cm³/mol. The fourth-order valence-corrected chi connectivity index (χ4v) is 2.91. The van der Waals surface area contributed by atoms with E-state index in [0.29, 0.717) is 5.58 Å². The third-order valence-electron chi connectivity index (χ3n) is 4.29. The first kappa shape index (κ1) is 13.9. The number of fused-ring (bicyclic) bond motifs is 2. The summed E-state index contributed by atoms with van der Waals surface area (Å²) in [4.78, 5) is 11.8. The van der Waals surface area contributed by atoms with Crippen molar-refractivity contribution in [1.82, 2.24) is 0 Å². The van der Waals surface area contributed by atoms with Gasteiger partial charge in [-0.05, 0) is 50.8 Å². The predicted octanol–water partition coefficient (Wildman–Crippen LogP) is 4.81. The van der Waals surface area contributed by atoms with Crippen LogP contribution in [0.15, 0.2) is 25.8 Å². The molecule has 0 saturated carbocycles. The third kappa shape index (κ3) is 2.17. The van der Waals surface area contributed by atoms with Crippen LogP contribution in [0.5, 0.6) is 0 Å². The number of aryl methyl sites for hydroxylation is 4. The molecule has 0 fully saturated rings. The van der Waals surface area contributed by atoms with Crippen LogP contribution in [-0.2, 0) is 6.42 Å². The van der Waals surface area contributed by atoms with Gasteiger partial charge >= 0.3 is 5.63 Å². The summed E-state index contributed by atoms with van der Waals surface area (Å²) in [6, 6.07) is 3.74. The molecular weight excluding hydrogens is 264 g/mol. The highest BCUT2D eigenvalue weighted by Gasteiger charge is 2.16. The number of unbranched alkanes of at least 4 members (excludes halogenated alkanes) is 1. The Morgan fingerprint density at radius 2 is 1.67 bits per heavy atom. The average molecular weight is 284 g/mol. The molecule has 0 aliphatic heterocycles. The number of hydrogen-bond donors (Lipinski definition) is 0. The van der Waals surface area contributed by atoms with E-state index < -0.39 is 0 Å². The van der Waals surface area contributed by atoms with Gasteiger partial charge in [0.05, 0.1) is 0 Å². The van der Waals surface area contributed by atoms with Crippen LogP contribution in [0.25, 0.3) is 21.9 Å². The molecule has 0 amide bonds. The van der Waals surface area contributed by atoms with Crippen LogP contribution in [-0.4, -0.2) is 0 Å². The highest BCUT2D eigenvalue weighted by Crippen LogP contribution is 2.34. The van der Waals surface area contributed by atoms with E-state index in [-0.39, 0.29) is 5.63 Å². The molecule has 21 heavy (non-hydrogen) atoms. The molecule has 2 heterocycles. The number of rotatable bonds is 3. The van der Waals surface area contributed by atoms with Crippen LogP contribution >= 0.6 is 0 Å². The molecule has 3 nitrogen and oxygen atoms in total. The Bertz CT molecular complexity index is 881. The van der Waals surface area contributed by atoms with Gasteiger partial charge in [-0.1, -0.05) is 13.3 Å². The van der Waals surface area contributed by atoms with Crippen molar-refractivity contribution in [3.8, 4) is 0 Å². The summed E-state index contributed by atoms with van der Waals surface area (Å²) in [5.74, 6) is 0.917. The molecule has 110 valence electrons. The molecule has 3 rings (SSSR count). The van der Waals surface area contributed by atoms with Gasteiger partial charge in [0.1, 0.15) is 16.9 Å². The second-order valence-corrected chi connectivity index (χ2v) is 5.73. The molecule has 0 radical (unpaired) electrons. The van der Waals surface area contributed by atoms with Gasteiger partial charge in [0, 0.05) is 22.4 Å². The van der Waals surface area contributed by atoms with Crippen molar-refractivity contribution in [2.24, 2.45) is 0 Å². The highest BCUT2D eigenvalue weighted by molar-refractivity contribution is 5.99. The summed E-state index contributed by atoms with van der Waals surface area (Å²) >= 11 is 0. The zero-order valence-electron chi connectivity index (χ0n) is 13.0. The quantitative estimate of drug-likeness (QED) is 0.648. The van der Waals surface area contributed by atoms with Crippen molar-refractivity contribution >= 4 is 21.9 Å². The zero-order chi connectivity index (χ0) is 15.1. The van der Waals surface area contributed by atoms with Gasteiger partial charge in [0.2, 0.25) is 0 Å². The van der Waals surface area contributed by atoms with Crippen LogP contribution < -0.4 is 5.63 Å². The van der Waals surface area contributed by atoms with Gasteiger partial charge in [0.25, 0.3) is 0 Å². The Labute approximate surface area is 123 Å². The second kappa shape index (κ2) is 5.06. The monoisotopic (exact) mass is 284 g/mol. The van der Waals surface area contributed by atoms with E-state index >= 15 is 0 Å². The smallest absolute Gasteiger partial charge is 0.336 e. The Morgan fingerprint density at radius 1 is 0.952 bits per heavy atom. The minimum atomic E-state index is -0.281. The largest absolute Gasteiger partial charge is 0.461 e. The molecule has 0 bridgehead atoms. The lowest BCUT2D eigenvalue weighted by Gasteiger charge is -2.07. The fraction of sp³-hybridized carbons (Fsp3) is 0.389. The Hall–Kier alpha value is -2.03. The summed E-state index contributed by atoms with van der Waals surface area (Å²) in [6.07, 6.45) is 3.07. The van der Waals surface area contributed by atoms with Crippen LogP contribution in [0, 0.1) is 20.8 Å². The van der Waals surface area contributed by atoms with Crippen molar-refractivity contribution in [1.29, 1.82) is 0 Å². The normalized spacial score (nSPS) is 11.6. The van der Waals surface area contributed by atoms with Crippen molar-refractivity contribution in [3.05, 3.63) is 45.0 Å². The van der Waals surface area contributed by atoms with Crippen molar-refractivity contribution in [3.63, 3.8) is 0 Å². The summed E-state index contributed by atoms with van der Waals surface area (Å²) in [7, 11) is 0. The van der Waals surface area contributed by atoms with Gasteiger partial charge in [-0.25, -0.2) is 4.79 Å². The molecule has 0 unspecified atom stereocenters. The second-order valence-electron chi connectivity index (χ2n) is 5.73. The summed E-state index contributed by atoms with van der Waals surface area (Å²) in [5.41, 5.74) is 4.35. The first-order valence-electron chi connectivity index (χ1n) is 7.49. The standard InChI is InChI=1S/C18H20O3/c1-5-6-7-13-8-16(19)21-18-11(3)17-14(9-15(13)18)10(2)12(4)20-17/h8-9H,5-7H2,1-4H3. The SMILES string of the molecule is CCCCc1cc(=O)oc2c(C)c3oc(C)c(C)c3cc12. The Kier molecular flexibility index (Phi) is 3.36. The van der Waals surface area contributed by atoms with Gasteiger partial charge in [-0.15, -0.1) is 0 Å². The summed E-state index contributed by atoms with van der Waals surface area (Å²) in [5, 5.41) is 2.15. The van der Waals surface area contributed by atoms with E-state index in [1.54, 1.807) is 6.07 Å². The molecule has 0 N–H and O–H groups in total. The molecule has 3 heteroatoms. The number of furan rings is 1. The van der Waals surface area contributed by atoms with Gasteiger partial charge in [-0.3, -0.25) is 0 Å². The van der Waals surface area contributed by atoms with Crippen LogP contribution in [0.1, 0.15) is 42.2 Å². The van der Waals surface area contributed by atoms with Crippen LogP contribution in [0.3, 0.4) is 0 Å². The average Bonchev–Trinajstić information content (AvgIpc) is 2.74. The van der Waals surface area contributed by atoms with E-state index in [1.165, 1.54) is 0 Å². The molecule has 0 atom stereocenters. The lowest BCUT2D eigenvalue weighted by atomic mass is 9.99.